The maximum Gasteiger partial charge on any atom is 0.338 e. The summed E-state index contributed by atoms with van der Waals surface area (Å²) in [5.41, 5.74) is 0.928. The van der Waals surface area contributed by atoms with Gasteiger partial charge >= 0.3 is 17.9 Å². The Hall–Kier alpha value is -3.72. The molecule has 0 spiro atoms. The first-order valence-electron chi connectivity index (χ1n) is 11.5. The molecule has 0 saturated carbocycles. The Balaban J connectivity index is 1.55. The van der Waals surface area contributed by atoms with E-state index in [2.05, 4.69) is 0 Å². The third kappa shape index (κ3) is 6.54. The molecule has 0 bridgehead atoms. The highest BCUT2D eigenvalue weighted by Crippen LogP contribution is 2.31. The van der Waals surface area contributed by atoms with Crippen LogP contribution in [-0.4, -0.2) is 61.6 Å². The van der Waals surface area contributed by atoms with E-state index in [1.54, 1.807) is 91.0 Å². The van der Waals surface area contributed by atoms with Gasteiger partial charge in [-0.05, 0) is 36.4 Å². The van der Waals surface area contributed by atoms with E-state index >= 15 is 0 Å². The van der Waals surface area contributed by atoms with Crippen LogP contribution in [0.2, 0.25) is 0 Å². The van der Waals surface area contributed by atoms with Gasteiger partial charge < -0.3 is 23.7 Å². The summed E-state index contributed by atoms with van der Waals surface area (Å²) in [6, 6.07) is 25.1. The largest absolute Gasteiger partial charge is 0.459 e. The van der Waals surface area contributed by atoms with Gasteiger partial charge in [-0.1, -0.05) is 54.6 Å². The average Bonchev–Trinajstić information content (AvgIpc) is 2.95. The van der Waals surface area contributed by atoms with Gasteiger partial charge in [-0.15, -0.1) is 11.6 Å². The Bertz CT molecular complexity index is 1190. The zero-order valence-electron chi connectivity index (χ0n) is 19.9. The quantitative estimate of drug-likeness (QED) is 0.245. The molecule has 0 aromatic heterocycles. The number of alkyl halides is 1. The predicted molar refractivity (Wildman–Crippen MR) is 133 cm³/mol. The highest BCUT2D eigenvalue weighted by Gasteiger charge is 2.50. The van der Waals surface area contributed by atoms with Gasteiger partial charge in [0.15, 0.2) is 18.5 Å². The summed E-state index contributed by atoms with van der Waals surface area (Å²) in [6.45, 7) is -0.250. The normalized spacial score (nSPS) is 23.0. The van der Waals surface area contributed by atoms with Crippen LogP contribution in [0.4, 0.5) is 0 Å². The van der Waals surface area contributed by atoms with Crippen LogP contribution in [-0.2, 0) is 23.7 Å². The van der Waals surface area contributed by atoms with E-state index in [9.17, 15) is 14.4 Å². The van der Waals surface area contributed by atoms with Crippen molar-refractivity contribution in [1.29, 1.82) is 0 Å². The van der Waals surface area contributed by atoms with Gasteiger partial charge in [0.25, 0.3) is 0 Å². The Morgan fingerprint density at radius 2 is 1.14 bits per heavy atom. The van der Waals surface area contributed by atoms with Gasteiger partial charge in [0.05, 0.1) is 16.7 Å². The first-order chi connectivity index (χ1) is 18.0. The zero-order valence-corrected chi connectivity index (χ0v) is 20.7. The van der Waals surface area contributed by atoms with Crippen molar-refractivity contribution in [1.82, 2.24) is 0 Å². The molecular weight excluding hydrogens is 500 g/mol. The van der Waals surface area contributed by atoms with E-state index in [4.69, 9.17) is 35.3 Å². The van der Waals surface area contributed by atoms with E-state index in [0.29, 0.717) is 5.56 Å². The Morgan fingerprint density at radius 3 is 1.59 bits per heavy atom. The molecule has 0 aliphatic carbocycles. The smallest absolute Gasteiger partial charge is 0.338 e. The number of hydrogen-bond donors (Lipinski definition) is 0. The molecule has 1 heterocycles. The first-order valence-corrected chi connectivity index (χ1v) is 12.0. The topological polar surface area (TPSA) is 97.4 Å². The van der Waals surface area contributed by atoms with Gasteiger partial charge in [-0.25, -0.2) is 14.4 Å². The number of carbonyl (C=O) groups is 3. The standard InChI is InChI=1S/C28H25ClO8/c1-33-28-24(37-27(32)20-15-9-4-10-16-20)23(36-26(31)19-13-7-3-8-14-19)22(29)21(35-28)17-34-25(30)18-11-5-2-6-12-18/h2-16,21-24,28H,17H2,1H3/t21?,22-,23?,24?,28+/m1/s1. The molecule has 3 aromatic carbocycles. The average molecular weight is 525 g/mol. The SMILES string of the molecule is CO[C@H]1OC(COC(=O)c2ccccc2)[C@@H](Cl)C(OC(=O)c2ccccc2)C1OC(=O)c1ccccc1. The second-order valence-corrected chi connectivity index (χ2v) is 8.66. The van der Waals surface area contributed by atoms with E-state index in [1.807, 2.05) is 0 Å². The van der Waals surface area contributed by atoms with Crippen molar-refractivity contribution in [2.75, 3.05) is 13.7 Å². The molecule has 4 rings (SSSR count). The van der Waals surface area contributed by atoms with Gasteiger partial charge in [-0.2, -0.15) is 0 Å². The molecule has 0 amide bonds. The van der Waals surface area contributed by atoms with Crippen molar-refractivity contribution in [3.8, 4) is 0 Å². The second kappa shape index (κ2) is 12.5. The van der Waals surface area contributed by atoms with Crippen molar-refractivity contribution < 1.29 is 38.1 Å². The predicted octanol–water partition coefficient (Wildman–Crippen LogP) is 4.27. The molecule has 1 aliphatic heterocycles. The number of benzene rings is 3. The molecule has 5 atom stereocenters. The van der Waals surface area contributed by atoms with Gasteiger partial charge in [0.2, 0.25) is 0 Å². The molecule has 3 unspecified atom stereocenters. The van der Waals surface area contributed by atoms with Crippen LogP contribution in [0.25, 0.3) is 0 Å². The zero-order chi connectivity index (χ0) is 26.2. The van der Waals surface area contributed by atoms with Crippen LogP contribution >= 0.6 is 11.6 Å². The maximum absolute atomic E-state index is 12.9. The lowest BCUT2D eigenvalue weighted by molar-refractivity contribution is -0.259. The highest BCUT2D eigenvalue weighted by molar-refractivity contribution is 6.21. The fourth-order valence-corrected chi connectivity index (χ4v) is 4.12. The fraction of sp³-hybridized carbons (Fsp3) is 0.250. The third-order valence-electron chi connectivity index (χ3n) is 5.70. The molecule has 0 radical (unpaired) electrons. The number of methoxy groups -OCH3 is 1. The monoisotopic (exact) mass is 524 g/mol. The molecule has 1 fully saturated rings. The van der Waals surface area contributed by atoms with Crippen LogP contribution in [0, 0.1) is 0 Å². The Kier molecular flexibility index (Phi) is 8.90. The Labute approximate surface area is 219 Å². The van der Waals surface area contributed by atoms with Crippen LogP contribution < -0.4 is 0 Å². The molecule has 192 valence electrons. The molecule has 0 N–H and O–H groups in total. The lowest BCUT2D eigenvalue weighted by atomic mass is 10.0. The van der Waals surface area contributed by atoms with Crippen molar-refractivity contribution in [2.24, 2.45) is 0 Å². The summed E-state index contributed by atoms with van der Waals surface area (Å²) in [5, 5.41) is -1.05. The number of rotatable bonds is 8. The molecule has 9 heteroatoms. The molecule has 8 nitrogen and oxygen atoms in total. The first kappa shape index (κ1) is 26.3. The maximum atomic E-state index is 12.9. The number of hydrogen-bond acceptors (Lipinski definition) is 8. The minimum absolute atomic E-state index is 0.250. The molecule has 1 saturated heterocycles. The van der Waals surface area contributed by atoms with E-state index in [0.717, 1.165) is 0 Å². The third-order valence-corrected chi connectivity index (χ3v) is 6.23. The van der Waals surface area contributed by atoms with Crippen molar-refractivity contribution >= 4 is 29.5 Å². The Morgan fingerprint density at radius 1 is 0.703 bits per heavy atom. The number of esters is 3. The molecular formula is C28H25ClO8. The fourth-order valence-electron chi connectivity index (χ4n) is 3.80. The van der Waals surface area contributed by atoms with Gasteiger partial charge in [0.1, 0.15) is 18.1 Å². The molecule has 1 aliphatic rings. The number of carbonyl (C=O) groups excluding carboxylic acids is 3. The lowest BCUT2D eigenvalue weighted by Crippen LogP contribution is -2.60. The van der Waals surface area contributed by atoms with Crippen LogP contribution in [0.1, 0.15) is 31.1 Å². The lowest BCUT2D eigenvalue weighted by Gasteiger charge is -2.42. The van der Waals surface area contributed by atoms with Crippen molar-refractivity contribution in [2.45, 2.75) is 30.0 Å². The van der Waals surface area contributed by atoms with Gasteiger partial charge in [0, 0.05) is 7.11 Å². The summed E-state index contributed by atoms with van der Waals surface area (Å²) in [4.78, 5) is 38.2. The summed E-state index contributed by atoms with van der Waals surface area (Å²) in [6.07, 6.45) is -4.47. The summed E-state index contributed by atoms with van der Waals surface area (Å²) < 4.78 is 28.2. The van der Waals surface area contributed by atoms with Crippen molar-refractivity contribution in [3.05, 3.63) is 108 Å². The second-order valence-electron chi connectivity index (χ2n) is 8.16. The van der Waals surface area contributed by atoms with Crippen LogP contribution in [0.3, 0.4) is 0 Å². The summed E-state index contributed by atoms with van der Waals surface area (Å²) >= 11 is 6.72. The minimum atomic E-state index is -1.20. The highest BCUT2D eigenvalue weighted by atomic mass is 35.5. The van der Waals surface area contributed by atoms with E-state index in [-0.39, 0.29) is 17.7 Å². The number of ether oxygens (including phenoxy) is 5. The van der Waals surface area contributed by atoms with Crippen LogP contribution in [0.5, 0.6) is 0 Å². The summed E-state index contributed by atoms with van der Waals surface area (Å²) in [7, 11) is 1.35. The van der Waals surface area contributed by atoms with Gasteiger partial charge in [-0.3, -0.25) is 0 Å². The van der Waals surface area contributed by atoms with E-state index < -0.39 is 47.9 Å². The minimum Gasteiger partial charge on any atom is -0.459 e. The van der Waals surface area contributed by atoms with E-state index in [1.165, 1.54) is 7.11 Å². The van der Waals surface area contributed by atoms with Crippen LogP contribution in [0.15, 0.2) is 91.0 Å². The molecule has 3 aromatic rings. The molecule has 37 heavy (non-hydrogen) atoms. The van der Waals surface area contributed by atoms with Crippen molar-refractivity contribution in [3.63, 3.8) is 0 Å². The summed E-state index contributed by atoms with van der Waals surface area (Å²) in [5.74, 6) is -1.92. The number of halogens is 1.